The number of hydrogen-bond donors (Lipinski definition) is 1. The van der Waals surface area contributed by atoms with Gasteiger partial charge in [0.05, 0.1) is 18.2 Å². The fraction of sp³-hybridized carbons (Fsp3) is 0.200. The highest BCUT2D eigenvalue weighted by atomic mass is 16.4. The average molecular weight is 320 g/mol. The Morgan fingerprint density at radius 3 is 2.38 bits per heavy atom. The van der Waals surface area contributed by atoms with Crippen molar-refractivity contribution >= 4 is 5.91 Å². The molecule has 0 spiro atoms. The molecule has 0 aliphatic heterocycles. The van der Waals surface area contributed by atoms with E-state index in [-0.39, 0.29) is 18.4 Å². The van der Waals surface area contributed by atoms with Crippen LogP contribution in [0, 0.1) is 6.92 Å². The van der Waals surface area contributed by atoms with Crippen LogP contribution in [0.25, 0.3) is 11.5 Å². The molecule has 1 aromatic heterocycles. The molecule has 0 fully saturated rings. The van der Waals surface area contributed by atoms with E-state index in [1.165, 1.54) is 0 Å². The molecule has 0 radical (unpaired) electrons. The van der Waals surface area contributed by atoms with E-state index < -0.39 is 0 Å². The quantitative estimate of drug-likeness (QED) is 0.771. The van der Waals surface area contributed by atoms with Gasteiger partial charge in [0.25, 0.3) is 0 Å². The summed E-state index contributed by atoms with van der Waals surface area (Å²) in [5.41, 5.74) is 2.73. The molecular weight excluding hydrogens is 300 g/mol. The minimum absolute atomic E-state index is 0.0458. The van der Waals surface area contributed by atoms with Gasteiger partial charge in [0, 0.05) is 5.56 Å². The Balaban J connectivity index is 1.68. The van der Waals surface area contributed by atoms with Gasteiger partial charge in [-0.3, -0.25) is 4.79 Å². The monoisotopic (exact) mass is 320 g/mol. The first-order valence-corrected chi connectivity index (χ1v) is 7.99. The summed E-state index contributed by atoms with van der Waals surface area (Å²) in [5.74, 6) is 1.07. The van der Waals surface area contributed by atoms with Crippen LogP contribution < -0.4 is 5.32 Å². The molecule has 1 unspecified atom stereocenters. The molecular formula is C20H20N2O2. The van der Waals surface area contributed by atoms with E-state index in [1.54, 1.807) is 0 Å². The van der Waals surface area contributed by atoms with Crippen LogP contribution in [0.15, 0.2) is 65.1 Å². The lowest BCUT2D eigenvalue weighted by molar-refractivity contribution is -0.121. The highest BCUT2D eigenvalue weighted by molar-refractivity contribution is 5.78. The third-order valence-corrected chi connectivity index (χ3v) is 3.91. The Morgan fingerprint density at radius 2 is 1.71 bits per heavy atom. The maximum absolute atomic E-state index is 12.3. The van der Waals surface area contributed by atoms with Crippen LogP contribution in [0.2, 0.25) is 0 Å². The predicted octanol–water partition coefficient (Wildman–Crippen LogP) is 4.07. The molecule has 4 heteroatoms. The number of nitrogens with one attached hydrogen (secondary N) is 1. The van der Waals surface area contributed by atoms with E-state index in [4.69, 9.17) is 4.42 Å². The number of carbonyl (C=O) groups is 1. The van der Waals surface area contributed by atoms with Gasteiger partial charge in [-0.15, -0.1) is 0 Å². The van der Waals surface area contributed by atoms with Gasteiger partial charge in [0.15, 0.2) is 0 Å². The Hall–Kier alpha value is -2.88. The molecule has 122 valence electrons. The fourth-order valence-electron chi connectivity index (χ4n) is 2.56. The van der Waals surface area contributed by atoms with Crippen LogP contribution in [0.1, 0.15) is 30.0 Å². The molecule has 0 bridgehead atoms. The third kappa shape index (κ3) is 3.71. The standard InChI is InChI=1S/C20H20N2O2/c1-14(16-9-5-3-6-10-16)21-19(23)13-18-15(2)22-20(24-18)17-11-7-4-8-12-17/h3-12,14H,13H2,1-2H3,(H,21,23). The Morgan fingerprint density at radius 1 is 1.08 bits per heavy atom. The Bertz CT molecular complexity index is 810. The summed E-state index contributed by atoms with van der Waals surface area (Å²) in [6.07, 6.45) is 0.183. The van der Waals surface area contributed by atoms with Crippen LogP contribution in [-0.4, -0.2) is 10.9 Å². The maximum atomic E-state index is 12.3. The van der Waals surface area contributed by atoms with Crippen molar-refractivity contribution in [3.05, 3.63) is 77.7 Å². The van der Waals surface area contributed by atoms with Crippen LogP contribution in [-0.2, 0) is 11.2 Å². The second kappa shape index (κ2) is 7.13. The molecule has 2 aromatic carbocycles. The molecule has 0 saturated heterocycles. The first kappa shape index (κ1) is 16.0. The molecule has 1 N–H and O–H groups in total. The van der Waals surface area contributed by atoms with E-state index in [0.29, 0.717) is 11.7 Å². The number of amides is 1. The van der Waals surface area contributed by atoms with Crippen LogP contribution in [0.4, 0.5) is 0 Å². The van der Waals surface area contributed by atoms with Crippen LogP contribution in [0.3, 0.4) is 0 Å². The van der Waals surface area contributed by atoms with E-state index in [9.17, 15) is 4.79 Å². The summed E-state index contributed by atoms with van der Waals surface area (Å²) in [6, 6.07) is 19.5. The minimum Gasteiger partial charge on any atom is -0.440 e. The van der Waals surface area contributed by atoms with Crippen molar-refractivity contribution in [3.8, 4) is 11.5 Å². The van der Waals surface area contributed by atoms with Crippen molar-refractivity contribution in [3.63, 3.8) is 0 Å². The van der Waals surface area contributed by atoms with Gasteiger partial charge >= 0.3 is 0 Å². The lowest BCUT2D eigenvalue weighted by Gasteiger charge is -2.13. The minimum atomic E-state index is -0.0785. The fourth-order valence-corrected chi connectivity index (χ4v) is 2.56. The summed E-state index contributed by atoms with van der Waals surface area (Å²) in [6.45, 7) is 3.83. The largest absolute Gasteiger partial charge is 0.440 e. The third-order valence-electron chi connectivity index (χ3n) is 3.91. The first-order valence-electron chi connectivity index (χ1n) is 7.99. The Kier molecular flexibility index (Phi) is 4.75. The van der Waals surface area contributed by atoms with Gasteiger partial charge < -0.3 is 9.73 Å². The summed E-state index contributed by atoms with van der Waals surface area (Å²) < 4.78 is 5.79. The number of oxazole rings is 1. The SMILES string of the molecule is Cc1nc(-c2ccccc2)oc1CC(=O)NC(C)c1ccccc1. The van der Waals surface area contributed by atoms with Crippen molar-refractivity contribution in [2.45, 2.75) is 26.3 Å². The molecule has 1 atom stereocenters. The van der Waals surface area contributed by atoms with Crippen molar-refractivity contribution in [1.29, 1.82) is 0 Å². The van der Waals surface area contributed by atoms with Crippen LogP contribution >= 0.6 is 0 Å². The zero-order chi connectivity index (χ0) is 16.9. The summed E-state index contributed by atoms with van der Waals surface area (Å²) in [4.78, 5) is 16.7. The highest BCUT2D eigenvalue weighted by Crippen LogP contribution is 2.22. The molecule has 1 amide bonds. The van der Waals surface area contributed by atoms with Crippen LogP contribution in [0.5, 0.6) is 0 Å². The second-order valence-corrected chi connectivity index (χ2v) is 5.77. The lowest BCUT2D eigenvalue weighted by atomic mass is 10.1. The van der Waals surface area contributed by atoms with E-state index in [1.807, 2.05) is 74.5 Å². The number of nitrogens with zero attached hydrogens (tertiary/aromatic N) is 1. The van der Waals surface area contributed by atoms with Gasteiger partial charge in [-0.05, 0) is 31.5 Å². The number of aromatic nitrogens is 1. The smallest absolute Gasteiger partial charge is 0.228 e. The molecule has 3 rings (SSSR count). The number of benzene rings is 2. The topological polar surface area (TPSA) is 55.1 Å². The van der Waals surface area contributed by atoms with E-state index >= 15 is 0 Å². The number of aryl methyl sites for hydroxylation is 1. The van der Waals surface area contributed by atoms with E-state index in [2.05, 4.69) is 10.3 Å². The highest BCUT2D eigenvalue weighted by Gasteiger charge is 2.16. The number of carbonyl (C=O) groups excluding carboxylic acids is 1. The van der Waals surface area contributed by atoms with Crippen molar-refractivity contribution in [2.75, 3.05) is 0 Å². The molecule has 0 aliphatic rings. The molecule has 0 saturated carbocycles. The van der Waals surface area contributed by atoms with Crippen molar-refractivity contribution in [2.24, 2.45) is 0 Å². The summed E-state index contributed by atoms with van der Waals surface area (Å²) >= 11 is 0. The molecule has 3 aromatic rings. The second-order valence-electron chi connectivity index (χ2n) is 5.77. The number of rotatable bonds is 5. The molecule has 4 nitrogen and oxygen atoms in total. The lowest BCUT2D eigenvalue weighted by Crippen LogP contribution is -2.28. The molecule has 1 heterocycles. The zero-order valence-corrected chi connectivity index (χ0v) is 13.8. The number of hydrogen-bond acceptors (Lipinski definition) is 3. The van der Waals surface area contributed by atoms with Gasteiger partial charge in [0.1, 0.15) is 5.76 Å². The van der Waals surface area contributed by atoms with Gasteiger partial charge in [-0.1, -0.05) is 48.5 Å². The molecule has 24 heavy (non-hydrogen) atoms. The van der Waals surface area contributed by atoms with Gasteiger partial charge in [-0.25, -0.2) is 4.98 Å². The summed E-state index contributed by atoms with van der Waals surface area (Å²) in [5, 5.41) is 2.99. The maximum Gasteiger partial charge on any atom is 0.228 e. The van der Waals surface area contributed by atoms with Gasteiger partial charge in [0.2, 0.25) is 11.8 Å². The first-order chi connectivity index (χ1) is 11.6. The van der Waals surface area contributed by atoms with Crippen molar-refractivity contribution in [1.82, 2.24) is 10.3 Å². The average Bonchev–Trinajstić information content (AvgIpc) is 2.97. The predicted molar refractivity (Wildman–Crippen MR) is 93.4 cm³/mol. The van der Waals surface area contributed by atoms with Crippen molar-refractivity contribution < 1.29 is 9.21 Å². The molecule has 0 aliphatic carbocycles. The normalized spacial score (nSPS) is 11.9. The summed E-state index contributed by atoms with van der Waals surface area (Å²) in [7, 11) is 0. The zero-order valence-electron chi connectivity index (χ0n) is 13.8. The Labute approximate surface area is 141 Å². The van der Waals surface area contributed by atoms with Gasteiger partial charge in [-0.2, -0.15) is 0 Å². The van der Waals surface area contributed by atoms with E-state index in [0.717, 1.165) is 16.8 Å².